The van der Waals surface area contributed by atoms with E-state index in [0.717, 1.165) is 12.3 Å². The topological polar surface area (TPSA) is 78.9 Å². The number of hydrogen-bond donors (Lipinski definition) is 0. The number of para-hydroxylation sites is 1. The van der Waals surface area contributed by atoms with Gasteiger partial charge in [-0.1, -0.05) is 18.2 Å². The molecule has 0 amide bonds. The zero-order valence-corrected chi connectivity index (χ0v) is 19.5. The van der Waals surface area contributed by atoms with Crippen molar-refractivity contribution in [2.45, 2.75) is 20.0 Å². The maximum absolute atomic E-state index is 14.0. The number of rotatable bonds is 5. The number of esters is 1. The third kappa shape index (κ3) is 4.25. The first-order valence-corrected chi connectivity index (χ1v) is 11.0. The molecular formula is C27H15F5O6. The average molecular weight is 530 g/mol. The minimum Gasteiger partial charge on any atom is -0.473 e. The molecule has 6 nitrogen and oxygen atoms in total. The quantitative estimate of drug-likeness (QED) is 0.0638. The van der Waals surface area contributed by atoms with Crippen molar-refractivity contribution >= 4 is 27.9 Å². The van der Waals surface area contributed by atoms with E-state index in [0.29, 0.717) is 27.9 Å². The van der Waals surface area contributed by atoms with Crippen LogP contribution in [0.5, 0.6) is 11.5 Å². The van der Waals surface area contributed by atoms with Gasteiger partial charge in [-0.3, -0.25) is 0 Å². The first kappa shape index (κ1) is 25.0. The van der Waals surface area contributed by atoms with E-state index >= 15 is 0 Å². The van der Waals surface area contributed by atoms with E-state index in [1.807, 2.05) is 12.1 Å². The van der Waals surface area contributed by atoms with E-state index < -0.39 is 52.5 Å². The van der Waals surface area contributed by atoms with Crippen LogP contribution < -0.4 is 15.1 Å². The highest BCUT2D eigenvalue weighted by Crippen LogP contribution is 2.35. The highest BCUT2D eigenvalue weighted by atomic mass is 19.2. The molecule has 11 heteroatoms. The number of benzene rings is 3. The molecule has 194 valence electrons. The highest BCUT2D eigenvalue weighted by Gasteiger charge is 2.30. The van der Waals surface area contributed by atoms with Crippen molar-refractivity contribution < 1.29 is 45.1 Å². The van der Waals surface area contributed by atoms with Crippen LogP contribution in [0.25, 0.3) is 33.3 Å². The lowest BCUT2D eigenvalue weighted by Gasteiger charge is -2.16. The van der Waals surface area contributed by atoms with E-state index in [1.165, 1.54) is 25.1 Å². The molecule has 0 aliphatic rings. The molecular weight excluding hydrogens is 515 g/mol. The van der Waals surface area contributed by atoms with Crippen LogP contribution in [0.15, 0.2) is 62.2 Å². The van der Waals surface area contributed by atoms with E-state index in [-0.39, 0.29) is 11.3 Å². The Balaban J connectivity index is 1.49. The minimum atomic E-state index is -2.36. The number of hydrogen-bond acceptors (Lipinski definition) is 6. The predicted molar refractivity (Wildman–Crippen MR) is 124 cm³/mol. The number of aryl methyl sites for hydroxylation is 1. The number of fused-ring (bicyclic) bond motifs is 2. The summed E-state index contributed by atoms with van der Waals surface area (Å²) in [6.07, 6.45) is -1.78. The zero-order valence-electron chi connectivity index (χ0n) is 19.5. The maximum Gasteiger partial charge on any atom is 0.352 e. The Morgan fingerprint density at radius 1 is 0.842 bits per heavy atom. The van der Waals surface area contributed by atoms with Gasteiger partial charge in [-0.25, -0.2) is 22.8 Å². The molecule has 2 aromatic heterocycles. The van der Waals surface area contributed by atoms with Gasteiger partial charge in [0.2, 0.25) is 29.1 Å². The van der Waals surface area contributed by atoms with Crippen LogP contribution in [-0.4, -0.2) is 12.1 Å². The summed E-state index contributed by atoms with van der Waals surface area (Å²) in [7, 11) is 0. The Labute approximate surface area is 209 Å². The van der Waals surface area contributed by atoms with Gasteiger partial charge in [-0.15, -0.1) is 0 Å². The summed E-state index contributed by atoms with van der Waals surface area (Å²) in [5, 5.41) is 1.12. The monoisotopic (exact) mass is 530 g/mol. The van der Waals surface area contributed by atoms with Gasteiger partial charge in [0.1, 0.15) is 22.7 Å². The molecule has 0 spiro atoms. The van der Waals surface area contributed by atoms with Gasteiger partial charge in [0.05, 0.1) is 0 Å². The largest absolute Gasteiger partial charge is 0.473 e. The number of halogens is 5. The van der Waals surface area contributed by atoms with Crippen LogP contribution >= 0.6 is 0 Å². The van der Waals surface area contributed by atoms with Crippen molar-refractivity contribution in [2.24, 2.45) is 0 Å². The van der Waals surface area contributed by atoms with Gasteiger partial charge < -0.3 is 18.3 Å². The molecule has 0 radical (unpaired) electrons. The summed E-state index contributed by atoms with van der Waals surface area (Å²) in [5.41, 5.74) is 0.759. The van der Waals surface area contributed by atoms with Crippen molar-refractivity contribution in [1.82, 2.24) is 0 Å². The molecule has 0 fully saturated rings. The van der Waals surface area contributed by atoms with Crippen LogP contribution in [0.2, 0.25) is 0 Å². The van der Waals surface area contributed by atoms with Gasteiger partial charge in [0.15, 0.2) is 11.9 Å². The molecule has 5 aromatic rings. The van der Waals surface area contributed by atoms with Crippen LogP contribution in [0.3, 0.4) is 0 Å². The normalized spacial score (nSPS) is 12.2. The molecule has 0 aliphatic heterocycles. The van der Waals surface area contributed by atoms with E-state index in [9.17, 15) is 31.5 Å². The second-order valence-electron chi connectivity index (χ2n) is 8.32. The summed E-state index contributed by atoms with van der Waals surface area (Å²) < 4.78 is 89.4. The third-order valence-electron chi connectivity index (χ3n) is 5.74. The third-order valence-corrected chi connectivity index (χ3v) is 5.74. The summed E-state index contributed by atoms with van der Waals surface area (Å²) in [4.78, 5) is 24.9. The summed E-state index contributed by atoms with van der Waals surface area (Å²) >= 11 is 0. The number of carbonyl (C=O) groups is 1. The Kier molecular flexibility index (Phi) is 6.14. The molecule has 0 saturated heterocycles. The highest BCUT2D eigenvalue weighted by molar-refractivity contribution is 5.96. The van der Waals surface area contributed by atoms with Gasteiger partial charge in [0.25, 0.3) is 0 Å². The number of ether oxygens (including phenoxy) is 2. The number of carbonyl (C=O) groups excluding carboxylic acids is 1. The lowest BCUT2D eigenvalue weighted by atomic mass is 10.0. The van der Waals surface area contributed by atoms with Crippen LogP contribution in [0.4, 0.5) is 22.0 Å². The van der Waals surface area contributed by atoms with E-state index in [1.54, 1.807) is 18.2 Å². The predicted octanol–water partition coefficient (Wildman–Crippen LogP) is 6.58. The van der Waals surface area contributed by atoms with E-state index in [4.69, 9.17) is 18.3 Å². The molecule has 5 rings (SSSR count). The standard InChI is InChI=1S/C27H15F5O6/c1-11-7-18-14(15(10-20(33)37-18)19-8-13-5-3-4-6-16(13)36-19)9-17(11)38-27(34)12(2)35-26-24(31)22(29)21(28)23(30)25(26)32/h3-10,12H,1-2H3. The SMILES string of the molecule is Cc1cc2oc(=O)cc(-c3cc4ccccc4o3)c2cc1OC(=O)C(C)Oc1c(F)c(F)c(F)c(F)c1F. The fourth-order valence-electron chi connectivity index (χ4n) is 3.82. The molecule has 0 aliphatic carbocycles. The van der Waals surface area contributed by atoms with Gasteiger partial charge in [0, 0.05) is 22.4 Å². The van der Waals surface area contributed by atoms with Crippen LogP contribution in [0, 0.1) is 36.0 Å². The van der Waals surface area contributed by atoms with E-state index in [2.05, 4.69) is 0 Å². The van der Waals surface area contributed by atoms with Crippen LogP contribution in [-0.2, 0) is 4.79 Å². The minimum absolute atomic E-state index is 0.0402. The first-order valence-electron chi connectivity index (χ1n) is 11.0. The molecule has 2 heterocycles. The molecule has 38 heavy (non-hydrogen) atoms. The molecule has 1 atom stereocenters. The molecule has 3 aromatic carbocycles. The molecule has 0 N–H and O–H groups in total. The lowest BCUT2D eigenvalue weighted by Crippen LogP contribution is -2.29. The molecule has 1 unspecified atom stereocenters. The summed E-state index contributed by atoms with van der Waals surface area (Å²) in [6.45, 7) is 2.54. The Morgan fingerprint density at radius 2 is 1.50 bits per heavy atom. The zero-order chi connectivity index (χ0) is 27.3. The Morgan fingerprint density at radius 3 is 2.18 bits per heavy atom. The smallest absolute Gasteiger partial charge is 0.352 e. The van der Waals surface area contributed by atoms with Crippen molar-refractivity contribution in [3.05, 3.63) is 93.6 Å². The Hall–Kier alpha value is -4.67. The maximum atomic E-state index is 14.0. The fourth-order valence-corrected chi connectivity index (χ4v) is 3.82. The van der Waals surface area contributed by atoms with Crippen molar-refractivity contribution in [3.63, 3.8) is 0 Å². The second kappa shape index (κ2) is 9.33. The number of furan rings is 1. The Bertz CT molecular complexity index is 1740. The fraction of sp³-hybridized carbons (Fsp3) is 0.111. The lowest BCUT2D eigenvalue weighted by molar-refractivity contribution is -0.141. The van der Waals surface area contributed by atoms with Crippen molar-refractivity contribution in [1.29, 1.82) is 0 Å². The summed E-state index contributed by atoms with van der Waals surface area (Å²) in [6, 6.07) is 12.9. The first-order chi connectivity index (χ1) is 18.0. The summed E-state index contributed by atoms with van der Waals surface area (Å²) in [5.74, 6) is -13.8. The molecule has 0 saturated carbocycles. The van der Waals surface area contributed by atoms with Gasteiger partial charge in [-0.05, 0) is 43.7 Å². The van der Waals surface area contributed by atoms with Crippen LogP contribution in [0.1, 0.15) is 12.5 Å². The second-order valence-corrected chi connectivity index (χ2v) is 8.32. The van der Waals surface area contributed by atoms with Gasteiger partial charge >= 0.3 is 11.6 Å². The van der Waals surface area contributed by atoms with Crippen molar-refractivity contribution in [3.8, 4) is 22.8 Å². The average Bonchev–Trinajstić information content (AvgIpc) is 3.33. The molecule has 0 bridgehead atoms. The van der Waals surface area contributed by atoms with Crippen molar-refractivity contribution in [2.75, 3.05) is 0 Å². The van der Waals surface area contributed by atoms with Gasteiger partial charge in [-0.2, -0.15) is 8.78 Å².